The number of halogens is 3. The van der Waals surface area contributed by atoms with E-state index < -0.39 is 91.4 Å². The van der Waals surface area contributed by atoms with Gasteiger partial charge in [0.25, 0.3) is 16.7 Å². The lowest BCUT2D eigenvalue weighted by Crippen LogP contribution is -2.28. The maximum Gasteiger partial charge on any atom is 0.269 e. The molecule has 9 heterocycles. The quantitative estimate of drug-likeness (QED) is 0.0589. The Kier molecular flexibility index (Phi) is 11.7. The Bertz CT molecular complexity index is 6150. The Morgan fingerprint density at radius 1 is 0.467 bits per heavy atom. The molecule has 3 atom stereocenters. The van der Waals surface area contributed by atoms with Gasteiger partial charge >= 0.3 is 0 Å². The Labute approximate surface area is 540 Å². The van der Waals surface area contributed by atoms with Gasteiger partial charge in [-0.3, -0.25) is 28.1 Å². The zero-order valence-corrected chi connectivity index (χ0v) is 46.9. The molecular weight excluding hydrogens is 1180 g/mol. The second-order valence-electron chi connectivity index (χ2n) is 19.5. The molecule has 6 N–H and O–H groups in total. The molecule has 6 aromatic carbocycles. The van der Waals surface area contributed by atoms with E-state index >= 15 is 0 Å². The molecule has 92 heavy (non-hydrogen) atoms. The van der Waals surface area contributed by atoms with E-state index in [9.17, 15) is 28.9 Å². The maximum absolute atomic E-state index is 14.7. The summed E-state index contributed by atoms with van der Waals surface area (Å²) in [5.41, 5.74) is -1.40. The van der Waals surface area contributed by atoms with Crippen molar-refractivity contribution in [3.05, 3.63) is 249 Å². The number of hydrogen-bond donors (Lipinski definition) is 6. The second-order valence-corrected chi connectivity index (χ2v) is 19.5. The Morgan fingerprint density at radius 2 is 0.859 bits per heavy atom. The van der Waals surface area contributed by atoms with Gasteiger partial charge in [0.05, 0.1) is 73.3 Å². The Balaban J connectivity index is 0.000000143. The highest BCUT2D eigenvalue weighted by Crippen LogP contribution is 2.30. The lowest BCUT2D eigenvalue weighted by atomic mass is 10.1. The first kappa shape index (κ1) is 42.5. The van der Waals surface area contributed by atoms with Gasteiger partial charge in [-0.05, 0) is 92.4 Å². The number of imidazole rings is 3. The van der Waals surface area contributed by atoms with Crippen LogP contribution in [-0.2, 0) is 0 Å². The van der Waals surface area contributed by atoms with E-state index in [1.807, 2.05) is 0 Å². The van der Waals surface area contributed by atoms with E-state index in [1.165, 1.54) is 60.7 Å². The van der Waals surface area contributed by atoms with Crippen LogP contribution >= 0.6 is 0 Å². The lowest BCUT2D eigenvalue weighted by molar-refractivity contribution is 0.629. The topological polar surface area (TPSA) is 304 Å². The molecule has 0 radical (unpaired) electrons. The molecule has 0 saturated carbocycles. The summed E-state index contributed by atoms with van der Waals surface area (Å²) in [6.07, 6.45) is -1.13. The average molecular weight is 1250 g/mol. The normalized spacial score (nSPS) is 16.1. The minimum Gasteiger partial charge on any atom is -0.358 e. The van der Waals surface area contributed by atoms with Crippen molar-refractivity contribution in [3.8, 4) is 17.1 Å². The number of anilines is 3. The molecule has 0 unspecified atom stereocenters. The van der Waals surface area contributed by atoms with E-state index in [0.717, 1.165) is 50.9 Å². The van der Waals surface area contributed by atoms with Crippen molar-refractivity contribution in [3.63, 3.8) is 0 Å². The number of aromatic amines is 3. The SMILES string of the molecule is [2H]c1nc2c(N[C@@]([2H])(CC([2H])([2H])[2H])c3nc4cccc(F)c4c(=O)n3-c3ccccc3)ncnc2[nH]1.[2H]c1nc2c(N[C@H](c3nc4cccc(F)c4c(=O)n3-c3ccccc3)C([2H])([2H])C([2H])([2H])[2H])ncnc2[nH]1.[2H]c1nc2c(N[C@]([2H])(c3nc4cccc(F)c4c(=O)n3-c3ccccc3)C([2H])([2H])[2H])ncnc2[nH]1. The molecule has 0 fully saturated rings. The summed E-state index contributed by atoms with van der Waals surface area (Å²) < 4.78 is 178. The van der Waals surface area contributed by atoms with Crippen LogP contribution in [0.5, 0.6) is 0 Å². The fourth-order valence-corrected chi connectivity index (χ4v) is 9.84. The van der Waals surface area contributed by atoms with Crippen LogP contribution in [0.2, 0.25) is 0 Å². The van der Waals surface area contributed by atoms with Gasteiger partial charge in [-0.25, -0.2) is 73.0 Å². The first-order valence-corrected chi connectivity index (χ1v) is 27.3. The summed E-state index contributed by atoms with van der Waals surface area (Å²) >= 11 is 0. The number of para-hydroxylation sites is 3. The molecule has 0 aliphatic carbocycles. The summed E-state index contributed by atoms with van der Waals surface area (Å²) in [7, 11) is 0. The van der Waals surface area contributed by atoms with E-state index in [-0.39, 0.29) is 131 Å². The number of hydrogen-bond acceptors (Lipinski definition) is 18. The monoisotopic (exact) mass is 1250 g/mol. The molecule has 24 nitrogen and oxygen atoms in total. The molecule has 0 bridgehead atoms. The fourth-order valence-electron chi connectivity index (χ4n) is 9.84. The standard InChI is InChI=1S/2C22H18FN7O.C21H16FN7O/c2*1-2-15(28-20-18-19(25-11-24-18)26-12-27-20)21-29-16-10-6-9-14(23)17(16)22(31)30(21)13-7-4-3-5-8-13;1-12(27-19-17-18(24-10-23-17)25-11-26-19)20-28-15-9-5-8-14(22)16(15)21(30)29(20)13-6-3-2-4-7-13/h2*3-12,15H,2H2,1H3,(H2,24,25,26,27,28);2-12H,1H3,(H2,23,24,25,26,27)/t2*15-;12-/m000/s1/i1D3,11D,15D;1D3,2D2,11D;1D3,10D,12D. The third kappa shape index (κ3) is 11.2. The predicted octanol–water partition coefficient (Wildman–Crippen LogP) is 10.9. The highest BCUT2D eigenvalue weighted by Gasteiger charge is 2.26. The number of H-pyrrole nitrogens is 3. The van der Waals surface area contributed by atoms with Crippen molar-refractivity contribution in [1.29, 1.82) is 0 Å². The molecule has 0 amide bonds. The van der Waals surface area contributed by atoms with Crippen LogP contribution in [0.25, 0.3) is 83.3 Å². The van der Waals surface area contributed by atoms with E-state index in [4.69, 9.17) is 20.6 Å². The van der Waals surface area contributed by atoms with Crippen molar-refractivity contribution in [2.45, 2.75) is 51.4 Å². The van der Waals surface area contributed by atoms with Gasteiger partial charge in [-0.15, -0.1) is 0 Å². The number of aromatic nitrogens is 18. The van der Waals surface area contributed by atoms with Crippen molar-refractivity contribution >= 4 is 83.7 Å². The summed E-state index contributed by atoms with van der Waals surface area (Å²) in [4.78, 5) is 97.8. The Morgan fingerprint density at radius 3 is 1.28 bits per heavy atom. The molecular formula is C65H52F3N21O3. The zero-order chi connectivity index (χ0) is 77.2. The number of nitrogens with zero attached hydrogens (tertiary/aromatic N) is 15. The van der Waals surface area contributed by atoms with Crippen molar-refractivity contribution in [2.24, 2.45) is 0 Å². The second kappa shape index (κ2) is 25.4. The minimum absolute atomic E-state index is 0.0267. The van der Waals surface area contributed by atoms with Gasteiger partial charge in [0.2, 0.25) is 0 Å². The fraction of sp³-hybridized carbons (Fsp3) is 0.123. The molecule has 9 aromatic heterocycles. The van der Waals surface area contributed by atoms with Crippen LogP contribution in [0, 0.1) is 17.5 Å². The first-order chi connectivity index (χ1) is 51.1. The summed E-state index contributed by atoms with van der Waals surface area (Å²) in [6, 6.07) is 28.8. The highest BCUT2D eigenvalue weighted by atomic mass is 19.1. The molecule has 0 spiro atoms. The highest BCUT2D eigenvalue weighted by molar-refractivity contribution is 5.85. The van der Waals surface area contributed by atoms with Gasteiger partial charge < -0.3 is 30.9 Å². The van der Waals surface area contributed by atoms with E-state index in [0.29, 0.717) is 0 Å². The third-order valence-corrected chi connectivity index (χ3v) is 14.0. The van der Waals surface area contributed by atoms with Gasteiger partial charge in [-0.1, -0.05) is 86.5 Å². The summed E-state index contributed by atoms with van der Waals surface area (Å²) in [6.45, 7) is -8.95. The molecule has 15 rings (SSSR count). The van der Waals surface area contributed by atoms with E-state index in [1.54, 1.807) is 66.7 Å². The molecule has 456 valence electrons. The van der Waals surface area contributed by atoms with Gasteiger partial charge in [0, 0.05) is 15.1 Å². The zero-order valence-electron chi connectivity index (χ0n) is 62.9. The van der Waals surface area contributed by atoms with Gasteiger partial charge in [0.1, 0.15) is 90.7 Å². The van der Waals surface area contributed by atoms with Crippen molar-refractivity contribution in [1.82, 2.24) is 88.5 Å². The largest absolute Gasteiger partial charge is 0.358 e. The number of rotatable bonds is 14. The van der Waals surface area contributed by atoms with E-state index in [2.05, 4.69) is 90.7 Å². The third-order valence-electron chi connectivity index (χ3n) is 14.0. The summed E-state index contributed by atoms with van der Waals surface area (Å²) in [5, 5.41) is 7.11. The first-order valence-electron chi connectivity index (χ1n) is 35.3. The predicted molar refractivity (Wildman–Crippen MR) is 342 cm³/mol. The minimum atomic E-state index is -3.20. The van der Waals surface area contributed by atoms with Crippen molar-refractivity contribution < 1.29 is 35.1 Å². The molecule has 0 aliphatic heterocycles. The van der Waals surface area contributed by atoms with Crippen LogP contribution in [0.3, 0.4) is 0 Å². The Hall–Kier alpha value is -12.4. The number of nitrogens with one attached hydrogen (secondary N) is 6. The average Bonchev–Trinajstić information content (AvgIpc) is 0.750. The van der Waals surface area contributed by atoms with Crippen LogP contribution < -0.4 is 32.6 Å². The van der Waals surface area contributed by atoms with Gasteiger partial charge in [0.15, 0.2) is 34.4 Å². The molecule has 15 aromatic rings. The van der Waals surface area contributed by atoms with Crippen LogP contribution in [0.1, 0.15) is 90.8 Å². The van der Waals surface area contributed by atoms with Gasteiger partial charge in [-0.2, -0.15) is 0 Å². The lowest BCUT2D eigenvalue weighted by Gasteiger charge is -2.22. The smallest absolute Gasteiger partial charge is 0.269 e. The molecule has 0 aliphatic rings. The van der Waals surface area contributed by atoms with Crippen LogP contribution in [0.15, 0.2) is 198 Å². The number of benzene rings is 6. The van der Waals surface area contributed by atoms with Crippen LogP contribution in [-0.4, -0.2) is 88.5 Å². The summed E-state index contributed by atoms with van der Waals surface area (Å²) in [5.74, 6) is -3.88. The maximum atomic E-state index is 14.7. The van der Waals surface area contributed by atoms with Crippen LogP contribution in [0.4, 0.5) is 30.6 Å². The number of fused-ring (bicyclic) bond motifs is 6. The molecule has 27 heteroatoms. The van der Waals surface area contributed by atoms with Crippen molar-refractivity contribution in [2.75, 3.05) is 16.0 Å². The molecule has 0 saturated heterocycles.